The Balaban J connectivity index is 0.00000256. The van der Waals surface area contributed by atoms with Crippen molar-refractivity contribution in [3.05, 3.63) is 0 Å². The first-order valence-electron chi connectivity index (χ1n) is 6.71. The Kier molecular flexibility index (Phi) is 11.0. The summed E-state index contributed by atoms with van der Waals surface area (Å²) >= 11 is 0. The predicted octanol–water partition coefficient (Wildman–Crippen LogP) is 3.17. The molecule has 0 N–H and O–H groups in total. The van der Waals surface area contributed by atoms with Gasteiger partial charge in [0.2, 0.25) is 0 Å². The summed E-state index contributed by atoms with van der Waals surface area (Å²) in [5, 5.41) is 0. The normalized spacial score (nSPS) is 15.6. The van der Waals surface area contributed by atoms with Gasteiger partial charge >= 0.3 is 5.97 Å². The Morgan fingerprint density at radius 3 is 2.53 bits per heavy atom. The number of rotatable bonds is 8. The van der Waals surface area contributed by atoms with E-state index >= 15 is 0 Å². The molecule has 1 rings (SSSR count). The second kappa shape index (κ2) is 11.0. The molecular weight excluding hydrogens is 282 g/mol. The minimum absolute atomic E-state index is 0. The van der Waals surface area contributed by atoms with Crippen LogP contribution in [0.4, 0.5) is 0 Å². The zero-order valence-corrected chi connectivity index (χ0v) is 12.7. The zero-order chi connectivity index (χ0) is 11.6. The van der Waals surface area contributed by atoms with Gasteiger partial charge in [-0.25, -0.2) is 0 Å². The molecule has 4 heteroatoms. The summed E-state index contributed by atoms with van der Waals surface area (Å²) in [5.41, 5.74) is 0. The van der Waals surface area contributed by atoms with E-state index < -0.39 is 0 Å². The summed E-state index contributed by atoms with van der Waals surface area (Å²) in [6, 6.07) is 0. The lowest BCUT2D eigenvalue weighted by Gasteiger charge is -2.13. The second-order valence-corrected chi connectivity index (χ2v) is 4.58. The Hall–Kier alpha value is -0.0900. The number of carbonyl (C=O) groups excluding carboxylic acids is 1. The van der Waals surface area contributed by atoms with Crippen molar-refractivity contribution in [1.29, 1.82) is 0 Å². The van der Waals surface area contributed by atoms with Crippen molar-refractivity contribution in [3.63, 3.8) is 0 Å². The third-order valence-electron chi connectivity index (χ3n) is 3.09. The molecule has 0 atom stereocenters. The number of hydrogen-bond donors (Lipinski definition) is 0. The molecule has 3 nitrogen and oxygen atoms in total. The quantitative estimate of drug-likeness (QED) is 0.509. The summed E-state index contributed by atoms with van der Waals surface area (Å²) < 4.78 is 5.18. The van der Waals surface area contributed by atoms with Crippen LogP contribution in [0.25, 0.3) is 0 Å². The molecule has 1 aliphatic rings. The van der Waals surface area contributed by atoms with Crippen molar-refractivity contribution in [1.82, 2.24) is 4.90 Å². The third kappa shape index (κ3) is 8.61. The molecule has 17 heavy (non-hydrogen) atoms. The molecule has 0 saturated carbocycles. The number of unbranched alkanes of at least 4 members (excludes halogenated alkanes) is 3. The van der Waals surface area contributed by atoms with Crippen molar-refractivity contribution in [2.24, 2.45) is 0 Å². The van der Waals surface area contributed by atoms with Crippen LogP contribution >= 0.6 is 17.0 Å². The summed E-state index contributed by atoms with van der Waals surface area (Å²) in [6.45, 7) is 5.99. The van der Waals surface area contributed by atoms with Crippen LogP contribution in [0.1, 0.15) is 51.9 Å². The molecule has 1 heterocycles. The van der Waals surface area contributed by atoms with Gasteiger partial charge in [-0.1, -0.05) is 26.2 Å². The predicted molar refractivity (Wildman–Crippen MR) is 75.7 cm³/mol. The van der Waals surface area contributed by atoms with Gasteiger partial charge in [0.05, 0.1) is 13.0 Å². The van der Waals surface area contributed by atoms with Gasteiger partial charge in [-0.05, 0) is 32.4 Å². The first-order chi connectivity index (χ1) is 7.83. The van der Waals surface area contributed by atoms with E-state index in [1.54, 1.807) is 0 Å². The van der Waals surface area contributed by atoms with Crippen molar-refractivity contribution >= 4 is 23.0 Å². The lowest BCUT2D eigenvalue weighted by Crippen LogP contribution is -2.23. The van der Waals surface area contributed by atoms with Gasteiger partial charge in [-0.15, -0.1) is 17.0 Å². The Labute approximate surface area is 116 Å². The Morgan fingerprint density at radius 2 is 1.88 bits per heavy atom. The smallest absolute Gasteiger partial charge is 0.307 e. The number of hydrogen-bond acceptors (Lipinski definition) is 3. The topological polar surface area (TPSA) is 29.5 Å². The highest BCUT2D eigenvalue weighted by atomic mass is 79.9. The van der Waals surface area contributed by atoms with Crippen LogP contribution in [0.3, 0.4) is 0 Å². The van der Waals surface area contributed by atoms with E-state index in [1.165, 1.54) is 32.1 Å². The fourth-order valence-electron chi connectivity index (χ4n) is 2.04. The molecule has 0 radical (unpaired) electrons. The number of carbonyl (C=O) groups is 1. The number of esters is 1. The summed E-state index contributed by atoms with van der Waals surface area (Å²) in [5.74, 6) is -0.0246. The van der Waals surface area contributed by atoms with Crippen LogP contribution in [-0.2, 0) is 9.53 Å². The molecule has 0 spiro atoms. The van der Waals surface area contributed by atoms with E-state index in [9.17, 15) is 4.79 Å². The molecule has 0 bridgehead atoms. The molecule has 0 unspecified atom stereocenters. The number of halogens is 1. The summed E-state index contributed by atoms with van der Waals surface area (Å²) in [7, 11) is 0. The van der Waals surface area contributed by atoms with Crippen LogP contribution in [0.2, 0.25) is 0 Å². The van der Waals surface area contributed by atoms with Gasteiger partial charge in [-0.2, -0.15) is 0 Å². The number of nitrogens with zero attached hydrogens (tertiary/aromatic N) is 1. The van der Waals surface area contributed by atoms with Gasteiger partial charge in [0.15, 0.2) is 0 Å². The molecule has 1 saturated heterocycles. The maximum Gasteiger partial charge on any atom is 0.307 e. The molecule has 0 aromatic carbocycles. The highest BCUT2D eigenvalue weighted by Crippen LogP contribution is 2.07. The summed E-state index contributed by atoms with van der Waals surface area (Å²) in [4.78, 5) is 13.7. The van der Waals surface area contributed by atoms with Gasteiger partial charge in [0, 0.05) is 6.54 Å². The molecular formula is C13H26BrNO2. The average molecular weight is 308 g/mol. The first-order valence-corrected chi connectivity index (χ1v) is 6.71. The van der Waals surface area contributed by atoms with Crippen LogP contribution in [0.15, 0.2) is 0 Å². The van der Waals surface area contributed by atoms with E-state index in [2.05, 4.69) is 11.8 Å². The van der Waals surface area contributed by atoms with Gasteiger partial charge < -0.3 is 9.64 Å². The van der Waals surface area contributed by atoms with Gasteiger partial charge in [-0.3, -0.25) is 4.79 Å². The van der Waals surface area contributed by atoms with Crippen LogP contribution in [0, 0.1) is 0 Å². The highest BCUT2D eigenvalue weighted by Gasteiger charge is 2.13. The fraction of sp³-hybridized carbons (Fsp3) is 0.923. The lowest BCUT2D eigenvalue weighted by atomic mass is 10.2. The van der Waals surface area contributed by atoms with E-state index in [-0.39, 0.29) is 23.0 Å². The number of ether oxygens (including phenoxy) is 1. The first kappa shape index (κ1) is 16.9. The Bertz CT molecular complexity index is 194. The highest BCUT2D eigenvalue weighted by molar-refractivity contribution is 8.93. The maximum absolute atomic E-state index is 11.4. The standard InChI is InChI=1S/C13H25NO2.BrH/c1-2-3-4-7-12-16-13(15)8-11-14-9-5-6-10-14;/h2-12H2,1H3;1H. The SMILES string of the molecule is Br.CCCCCCOC(=O)CCN1CCCC1. The molecule has 102 valence electrons. The Morgan fingerprint density at radius 1 is 1.18 bits per heavy atom. The lowest BCUT2D eigenvalue weighted by molar-refractivity contribution is -0.144. The van der Waals surface area contributed by atoms with E-state index in [0.717, 1.165) is 26.1 Å². The minimum atomic E-state index is -0.0246. The molecule has 0 aliphatic carbocycles. The average Bonchev–Trinajstić information content (AvgIpc) is 2.79. The molecule has 0 amide bonds. The summed E-state index contributed by atoms with van der Waals surface area (Å²) in [6.07, 6.45) is 7.79. The monoisotopic (exact) mass is 307 g/mol. The van der Waals surface area contributed by atoms with Crippen LogP contribution < -0.4 is 0 Å². The largest absolute Gasteiger partial charge is 0.466 e. The van der Waals surface area contributed by atoms with E-state index in [0.29, 0.717) is 13.0 Å². The van der Waals surface area contributed by atoms with Crippen LogP contribution in [0.5, 0.6) is 0 Å². The van der Waals surface area contributed by atoms with Crippen molar-refractivity contribution < 1.29 is 9.53 Å². The zero-order valence-electron chi connectivity index (χ0n) is 11.0. The van der Waals surface area contributed by atoms with Crippen LogP contribution in [-0.4, -0.2) is 37.1 Å². The van der Waals surface area contributed by atoms with Crippen molar-refractivity contribution in [2.45, 2.75) is 51.9 Å². The molecule has 1 aliphatic heterocycles. The molecule has 0 aromatic heterocycles. The minimum Gasteiger partial charge on any atom is -0.466 e. The molecule has 1 fully saturated rings. The second-order valence-electron chi connectivity index (χ2n) is 4.58. The van der Waals surface area contributed by atoms with E-state index in [1.807, 2.05) is 0 Å². The maximum atomic E-state index is 11.4. The van der Waals surface area contributed by atoms with Crippen molar-refractivity contribution in [3.8, 4) is 0 Å². The molecule has 0 aromatic rings. The fourth-order valence-corrected chi connectivity index (χ4v) is 2.04. The van der Waals surface area contributed by atoms with Gasteiger partial charge in [0.1, 0.15) is 0 Å². The third-order valence-corrected chi connectivity index (χ3v) is 3.09. The van der Waals surface area contributed by atoms with E-state index in [4.69, 9.17) is 4.74 Å². The number of likely N-dealkylation sites (tertiary alicyclic amines) is 1. The van der Waals surface area contributed by atoms with Gasteiger partial charge in [0.25, 0.3) is 0 Å². The van der Waals surface area contributed by atoms with Crippen molar-refractivity contribution in [2.75, 3.05) is 26.2 Å².